The molecular weight excluding hydrogens is 381 g/mol. The normalized spacial score (nSPS) is 18.9. The summed E-state index contributed by atoms with van der Waals surface area (Å²) in [7, 11) is 0. The van der Waals surface area contributed by atoms with Gasteiger partial charge in [-0.1, -0.05) is 13.0 Å². The Hall–Kier alpha value is -2.44. The highest BCUT2D eigenvalue weighted by molar-refractivity contribution is 6.05. The molecule has 2 atom stereocenters. The zero-order chi connectivity index (χ0) is 19.4. The Kier molecular flexibility index (Phi) is 7.54. The molecule has 0 aliphatic carbocycles. The van der Waals surface area contributed by atoms with Crippen molar-refractivity contribution in [2.24, 2.45) is 11.7 Å². The third kappa shape index (κ3) is 5.09. The molecule has 5 nitrogen and oxygen atoms in total. The summed E-state index contributed by atoms with van der Waals surface area (Å²) in [4.78, 5) is 27.1. The van der Waals surface area contributed by atoms with Crippen molar-refractivity contribution in [3.8, 4) is 0 Å². The van der Waals surface area contributed by atoms with Gasteiger partial charge >= 0.3 is 0 Å². The molecule has 0 saturated carbocycles. The van der Waals surface area contributed by atoms with E-state index in [4.69, 9.17) is 5.73 Å². The Labute approximate surface area is 170 Å². The summed E-state index contributed by atoms with van der Waals surface area (Å²) in [5.74, 6) is -0.269. The Morgan fingerprint density at radius 2 is 1.89 bits per heavy atom. The van der Waals surface area contributed by atoms with Gasteiger partial charge in [-0.2, -0.15) is 0 Å². The van der Waals surface area contributed by atoms with Crippen LogP contribution in [-0.2, 0) is 0 Å². The summed E-state index contributed by atoms with van der Waals surface area (Å²) in [6.45, 7) is 3.31. The van der Waals surface area contributed by atoms with Crippen molar-refractivity contribution in [1.29, 1.82) is 0 Å². The number of nitrogens with zero attached hydrogens (tertiary/aromatic N) is 1. The molecule has 0 radical (unpaired) electrons. The molecule has 0 spiro atoms. The fourth-order valence-corrected chi connectivity index (χ4v) is 3.44. The van der Waals surface area contributed by atoms with E-state index in [0.717, 1.165) is 12.8 Å². The summed E-state index contributed by atoms with van der Waals surface area (Å²) in [6, 6.07) is 12.2. The Bertz CT molecular complexity index is 829. The van der Waals surface area contributed by atoms with Crippen LogP contribution in [0.1, 0.15) is 40.5 Å². The first-order valence-electron chi connectivity index (χ1n) is 9.16. The van der Waals surface area contributed by atoms with Crippen molar-refractivity contribution in [1.82, 2.24) is 4.90 Å². The number of anilines is 1. The maximum Gasteiger partial charge on any atom is 0.255 e. The van der Waals surface area contributed by atoms with Crippen LogP contribution in [0, 0.1) is 11.7 Å². The number of halogens is 2. The van der Waals surface area contributed by atoms with Gasteiger partial charge in [0.05, 0.1) is 0 Å². The molecule has 150 valence electrons. The van der Waals surface area contributed by atoms with Crippen LogP contribution >= 0.6 is 12.4 Å². The van der Waals surface area contributed by atoms with Crippen LogP contribution in [0.2, 0.25) is 0 Å². The number of likely N-dealkylation sites (tertiary alicyclic amines) is 1. The van der Waals surface area contributed by atoms with Gasteiger partial charge in [-0.05, 0) is 61.2 Å². The molecule has 0 bridgehead atoms. The summed E-state index contributed by atoms with van der Waals surface area (Å²) < 4.78 is 13.0. The first kappa shape index (κ1) is 21.9. The molecule has 3 N–H and O–H groups in total. The first-order valence-corrected chi connectivity index (χ1v) is 9.16. The lowest BCUT2D eigenvalue weighted by molar-refractivity contribution is 0.0573. The fourth-order valence-electron chi connectivity index (χ4n) is 3.44. The van der Waals surface area contributed by atoms with Crippen LogP contribution in [0.4, 0.5) is 10.1 Å². The molecule has 1 aliphatic heterocycles. The molecular formula is C21H25ClFN3O2. The highest BCUT2D eigenvalue weighted by atomic mass is 35.5. The average molecular weight is 406 g/mol. The number of carbonyl (C=O) groups excluding carboxylic acids is 2. The van der Waals surface area contributed by atoms with Crippen molar-refractivity contribution in [3.63, 3.8) is 0 Å². The van der Waals surface area contributed by atoms with Gasteiger partial charge in [-0.3, -0.25) is 9.59 Å². The maximum absolute atomic E-state index is 13.0. The molecule has 3 rings (SSSR count). The number of benzene rings is 2. The fraction of sp³-hybridized carbons (Fsp3) is 0.333. The summed E-state index contributed by atoms with van der Waals surface area (Å²) in [6.07, 6.45) is 1.87. The van der Waals surface area contributed by atoms with Crippen LogP contribution in [0.15, 0.2) is 48.5 Å². The standard InChI is InChI=1S/C21H24FN3O2.ClH/c1-14-9-10-25(19(11-14)13-23)21(27)16-3-2-4-18(12-16)24-20(26)15-5-7-17(22)8-6-15;/h2-8,12,14,19H,9-11,13,23H2,1H3,(H,24,26);1H. The van der Waals surface area contributed by atoms with Crippen molar-refractivity contribution < 1.29 is 14.0 Å². The van der Waals surface area contributed by atoms with E-state index in [1.54, 1.807) is 24.3 Å². The van der Waals surface area contributed by atoms with Gasteiger partial charge in [0.15, 0.2) is 0 Å². The number of hydrogen-bond acceptors (Lipinski definition) is 3. The highest BCUT2D eigenvalue weighted by Gasteiger charge is 2.29. The molecule has 2 aromatic carbocycles. The molecule has 2 amide bonds. The number of amides is 2. The van der Waals surface area contributed by atoms with Crippen LogP contribution in [0.25, 0.3) is 0 Å². The van der Waals surface area contributed by atoms with E-state index in [1.165, 1.54) is 24.3 Å². The molecule has 2 unspecified atom stereocenters. The molecule has 2 aromatic rings. The minimum absolute atomic E-state index is 0. The highest BCUT2D eigenvalue weighted by Crippen LogP contribution is 2.24. The van der Waals surface area contributed by atoms with Gasteiger partial charge in [-0.25, -0.2) is 4.39 Å². The first-order chi connectivity index (χ1) is 13.0. The van der Waals surface area contributed by atoms with Gasteiger partial charge in [0.2, 0.25) is 0 Å². The minimum Gasteiger partial charge on any atom is -0.334 e. The molecule has 1 fully saturated rings. The van der Waals surface area contributed by atoms with Crippen molar-refractivity contribution in [2.75, 3.05) is 18.4 Å². The molecule has 28 heavy (non-hydrogen) atoms. The second-order valence-electron chi connectivity index (χ2n) is 7.06. The SMILES string of the molecule is CC1CCN(C(=O)c2cccc(NC(=O)c3ccc(F)cc3)c2)C(CN)C1.Cl. The molecule has 7 heteroatoms. The number of hydrogen-bond donors (Lipinski definition) is 2. The van der Waals surface area contributed by atoms with Crippen LogP contribution in [-0.4, -0.2) is 35.8 Å². The van der Waals surface area contributed by atoms with Gasteiger partial charge in [-0.15, -0.1) is 12.4 Å². The monoisotopic (exact) mass is 405 g/mol. The lowest BCUT2D eigenvalue weighted by Gasteiger charge is -2.38. The van der Waals surface area contributed by atoms with Crippen LogP contribution in [0.5, 0.6) is 0 Å². The number of piperidine rings is 1. The quantitative estimate of drug-likeness (QED) is 0.814. The van der Waals surface area contributed by atoms with E-state index in [2.05, 4.69) is 12.2 Å². The predicted octanol–water partition coefficient (Wildman–Crippen LogP) is 3.70. The Balaban J connectivity index is 0.00000280. The van der Waals surface area contributed by atoms with Gasteiger partial charge in [0.1, 0.15) is 5.82 Å². The van der Waals surface area contributed by atoms with E-state index in [0.29, 0.717) is 35.8 Å². The van der Waals surface area contributed by atoms with Gasteiger partial charge < -0.3 is 16.0 Å². The minimum atomic E-state index is -0.399. The predicted molar refractivity (Wildman–Crippen MR) is 110 cm³/mol. The topological polar surface area (TPSA) is 75.4 Å². The largest absolute Gasteiger partial charge is 0.334 e. The molecule has 0 aromatic heterocycles. The van der Waals surface area contributed by atoms with Crippen LogP contribution in [0.3, 0.4) is 0 Å². The summed E-state index contributed by atoms with van der Waals surface area (Å²) >= 11 is 0. The van der Waals surface area contributed by atoms with E-state index < -0.39 is 5.82 Å². The summed E-state index contributed by atoms with van der Waals surface area (Å²) in [5, 5.41) is 2.75. The zero-order valence-corrected chi connectivity index (χ0v) is 16.5. The second-order valence-corrected chi connectivity index (χ2v) is 7.06. The molecule has 1 heterocycles. The van der Waals surface area contributed by atoms with E-state index in [1.807, 2.05) is 4.90 Å². The summed E-state index contributed by atoms with van der Waals surface area (Å²) in [5.41, 5.74) is 7.25. The number of rotatable bonds is 4. The lowest BCUT2D eigenvalue weighted by atomic mass is 9.92. The van der Waals surface area contributed by atoms with Gasteiger partial charge in [0.25, 0.3) is 11.8 Å². The van der Waals surface area contributed by atoms with Crippen LogP contribution < -0.4 is 11.1 Å². The van der Waals surface area contributed by atoms with E-state index >= 15 is 0 Å². The Morgan fingerprint density at radius 3 is 2.57 bits per heavy atom. The lowest BCUT2D eigenvalue weighted by Crippen LogP contribution is -2.49. The van der Waals surface area contributed by atoms with Gasteiger partial charge in [0, 0.05) is 35.9 Å². The Morgan fingerprint density at radius 1 is 1.18 bits per heavy atom. The number of nitrogens with one attached hydrogen (secondary N) is 1. The third-order valence-corrected chi connectivity index (χ3v) is 4.98. The maximum atomic E-state index is 13.0. The van der Waals surface area contributed by atoms with Crippen molar-refractivity contribution in [2.45, 2.75) is 25.8 Å². The average Bonchev–Trinajstić information content (AvgIpc) is 2.68. The molecule has 1 aliphatic rings. The second kappa shape index (κ2) is 9.66. The van der Waals surface area contributed by atoms with Crippen molar-refractivity contribution >= 4 is 29.9 Å². The number of nitrogens with two attached hydrogens (primary N) is 1. The third-order valence-electron chi connectivity index (χ3n) is 4.98. The van der Waals surface area contributed by atoms with E-state index in [-0.39, 0.29) is 30.3 Å². The number of carbonyl (C=O) groups is 2. The van der Waals surface area contributed by atoms with Crippen molar-refractivity contribution in [3.05, 3.63) is 65.5 Å². The zero-order valence-electron chi connectivity index (χ0n) is 15.7. The molecule has 1 saturated heterocycles. The van der Waals surface area contributed by atoms with E-state index in [9.17, 15) is 14.0 Å². The smallest absolute Gasteiger partial charge is 0.255 e.